The highest BCUT2D eigenvalue weighted by Crippen LogP contribution is 2.28. The van der Waals surface area contributed by atoms with E-state index in [1.54, 1.807) is 6.92 Å². The van der Waals surface area contributed by atoms with E-state index in [9.17, 15) is 12.8 Å². The molecule has 1 aromatic heterocycles. The minimum absolute atomic E-state index is 0.0172. The van der Waals surface area contributed by atoms with E-state index in [1.807, 2.05) is 0 Å². The molecule has 4 N–H and O–H groups in total. The topological polar surface area (TPSA) is 110 Å². The van der Waals surface area contributed by atoms with Crippen molar-refractivity contribution in [3.05, 3.63) is 35.4 Å². The third-order valence-electron chi connectivity index (χ3n) is 2.83. The number of hydrogen-bond donors (Lipinski definition) is 3. The van der Waals surface area contributed by atoms with Crippen LogP contribution in [0.15, 0.2) is 23.1 Å². The second-order valence-corrected chi connectivity index (χ2v) is 5.90. The summed E-state index contributed by atoms with van der Waals surface area (Å²) in [4.78, 5) is -0.0172. The van der Waals surface area contributed by atoms with Gasteiger partial charge in [0.25, 0.3) is 10.0 Å². The molecule has 0 amide bonds. The Balaban J connectivity index is 2.45. The van der Waals surface area contributed by atoms with Gasteiger partial charge in [0, 0.05) is 12.6 Å². The molecule has 0 saturated heterocycles. The number of benzene rings is 1. The van der Waals surface area contributed by atoms with Crippen molar-refractivity contribution in [2.45, 2.75) is 18.4 Å². The Labute approximate surface area is 121 Å². The number of anilines is 1. The lowest BCUT2D eigenvalue weighted by Gasteiger charge is -2.12. The number of aryl methyl sites for hydroxylation is 1. The lowest BCUT2D eigenvalue weighted by atomic mass is 10.3. The maximum atomic E-state index is 13.1. The van der Waals surface area contributed by atoms with E-state index < -0.39 is 15.8 Å². The third kappa shape index (κ3) is 2.98. The number of hydrogen-bond acceptors (Lipinski definition) is 5. The highest BCUT2D eigenvalue weighted by atomic mass is 32.2. The largest absolute Gasteiger partial charge is 0.494 e. The van der Waals surface area contributed by atoms with Crippen molar-refractivity contribution < 1.29 is 17.5 Å². The van der Waals surface area contributed by atoms with E-state index >= 15 is 0 Å². The van der Waals surface area contributed by atoms with Crippen LogP contribution in [0, 0.1) is 12.7 Å². The molecule has 0 aliphatic carbocycles. The smallest absolute Gasteiger partial charge is 0.265 e. The van der Waals surface area contributed by atoms with E-state index in [2.05, 4.69) is 14.9 Å². The van der Waals surface area contributed by atoms with Gasteiger partial charge >= 0.3 is 0 Å². The highest BCUT2D eigenvalue weighted by molar-refractivity contribution is 7.92. The zero-order valence-corrected chi connectivity index (χ0v) is 12.3. The number of ether oxygens (including phenoxy) is 1. The molecule has 1 heterocycles. The van der Waals surface area contributed by atoms with Crippen LogP contribution < -0.4 is 15.2 Å². The van der Waals surface area contributed by atoms with Gasteiger partial charge in [-0.05, 0) is 19.1 Å². The molecule has 0 aliphatic rings. The Morgan fingerprint density at radius 2 is 2.19 bits per heavy atom. The van der Waals surface area contributed by atoms with Crippen molar-refractivity contribution in [3.63, 3.8) is 0 Å². The van der Waals surface area contributed by atoms with Crippen LogP contribution in [-0.4, -0.2) is 25.7 Å². The number of aromatic nitrogens is 2. The molecule has 0 aliphatic heterocycles. The average Bonchev–Trinajstić information content (AvgIpc) is 2.82. The van der Waals surface area contributed by atoms with Crippen LogP contribution in [0.4, 0.5) is 10.1 Å². The second-order valence-electron chi connectivity index (χ2n) is 4.28. The van der Waals surface area contributed by atoms with Gasteiger partial charge in [-0.25, -0.2) is 12.8 Å². The standard InChI is InChI=1S/C12H15FN4O3S/c1-7-12(10(6-14)16-15-7)21(18,19)17-9-4-3-8(13)5-11(9)20-2/h3-5,17H,6,14H2,1-2H3,(H,15,16). The molecule has 7 nitrogen and oxygen atoms in total. The number of H-pyrrole nitrogens is 1. The number of nitrogens with two attached hydrogens (primary N) is 1. The molecule has 0 unspecified atom stereocenters. The van der Waals surface area contributed by atoms with Crippen molar-refractivity contribution in [2.75, 3.05) is 11.8 Å². The summed E-state index contributed by atoms with van der Waals surface area (Å²) in [6, 6.07) is 3.50. The number of aromatic amines is 1. The maximum absolute atomic E-state index is 13.1. The minimum atomic E-state index is -3.92. The lowest BCUT2D eigenvalue weighted by molar-refractivity contribution is 0.413. The van der Waals surface area contributed by atoms with Crippen LogP contribution in [-0.2, 0) is 16.6 Å². The third-order valence-corrected chi connectivity index (χ3v) is 4.40. The summed E-state index contributed by atoms with van der Waals surface area (Å²) in [7, 11) is -2.59. The first kappa shape index (κ1) is 15.3. The van der Waals surface area contributed by atoms with Gasteiger partial charge in [-0.15, -0.1) is 0 Å². The second kappa shape index (κ2) is 5.70. The van der Waals surface area contributed by atoms with E-state index in [1.165, 1.54) is 13.2 Å². The number of sulfonamides is 1. The van der Waals surface area contributed by atoms with Crippen LogP contribution in [0.5, 0.6) is 5.75 Å². The maximum Gasteiger partial charge on any atom is 0.265 e. The van der Waals surface area contributed by atoms with Crippen LogP contribution >= 0.6 is 0 Å². The summed E-state index contributed by atoms with van der Waals surface area (Å²) in [5.41, 5.74) is 6.20. The van der Waals surface area contributed by atoms with E-state index in [0.717, 1.165) is 12.1 Å². The molecule has 0 radical (unpaired) electrons. The first-order valence-corrected chi connectivity index (χ1v) is 7.47. The van der Waals surface area contributed by atoms with Crippen molar-refractivity contribution in [1.29, 1.82) is 0 Å². The average molecular weight is 314 g/mol. The monoisotopic (exact) mass is 314 g/mol. The lowest BCUT2D eigenvalue weighted by Crippen LogP contribution is -2.17. The van der Waals surface area contributed by atoms with Gasteiger partial charge in [0.1, 0.15) is 16.5 Å². The molecule has 114 valence electrons. The molecular weight excluding hydrogens is 299 g/mol. The van der Waals surface area contributed by atoms with Crippen LogP contribution in [0.3, 0.4) is 0 Å². The number of methoxy groups -OCH3 is 1. The Morgan fingerprint density at radius 3 is 2.81 bits per heavy atom. The number of halogens is 1. The first-order valence-electron chi connectivity index (χ1n) is 5.99. The molecule has 1 aromatic carbocycles. The van der Waals surface area contributed by atoms with Crippen LogP contribution in [0.1, 0.15) is 11.4 Å². The molecule has 0 spiro atoms. The Kier molecular flexibility index (Phi) is 4.14. The Morgan fingerprint density at radius 1 is 1.48 bits per heavy atom. The zero-order valence-electron chi connectivity index (χ0n) is 11.5. The molecule has 2 rings (SSSR count). The summed E-state index contributed by atoms with van der Waals surface area (Å²) in [5.74, 6) is -0.453. The van der Waals surface area contributed by atoms with Gasteiger partial charge in [0.15, 0.2) is 0 Å². The molecular formula is C12H15FN4O3S. The molecule has 0 atom stereocenters. The molecule has 0 fully saturated rings. The van der Waals surface area contributed by atoms with Gasteiger partial charge in [-0.3, -0.25) is 9.82 Å². The van der Waals surface area contributed by atoms with Crippen molar-refractivity contribution in [2.24, 2.45) is 5.73 Å². The van der Waals surface area contributed by atoms with E-state index in [4.69, 9.17) is 10.5 Å². The van der Waals surface area contributed by atoms with Gasteiger partial charge in [-0.1, -0.05) is 0 Å². The number of nitrogens with one attached hydrogen (secondary N) is 2. The Bertz CT molecular complexity index is 758. The predicted molar refractivity (Wildman–Crippen MR) is 75.0 cm³/mol. The van der Waals surface area contributed by atoms with Crippen molar-refractivity contribution in [1.82, 2.24) is 10.2 Å². The number of rotatable bonds is 5. The van der Waals surface area contributed by atoms with Gasteiger partial charge in [-0.2, -0.15) is 5.10 Å². The van der Waals surface area contributed by atoms with Crippen molar-refractivity contribution in [3.8, 4) is 5.75 Å². The fraction of sp³-hybridized carbons (Fsp3) is 0.250. The van der Waals surface area contributed by atoms with Crippen molar-refractivity contribution >= 4 is 15.7 Å². The number of nitrogens with zero attached hydrogens (tertiary/aromatic N) is 1. The van der Waals surface area contributed by atoms with Gasteiger partial charge < -0.3 is 10.5 Å². The zero-order chi connectivity index (χ0) is 15.6. The van der Waals surface area contributed by atoms with Crippen LogP contribution in [0.25, 0.3) is 0 Å². The fourth-order valence-corrected chi connectivity index (χ4v) is 3.36. The predicted octanol–water partition coefficient (Wildman–Crippen LogP) is 1.13. The quantitative estimate of drug-likeness (QED) is 0.766. The molecule has 0 bridgehead atoms. The normalized spacial score (nSPS) is 11.4. The van der Waals surface area contributed by atoms with Gasteiger partial charge in [0.2, 0.25) is 0 Å². The molecule has 0 saturated carbocycles. The summed E-state index contributed by atoms with van der Waals surface area (Å²) in [6.07, 6.45) is 0. The Hall–Kier alpha value is -2.13. The van der Waals surface area contributed by atoms with Crippen LogP contribution in [0.2, 0.25) is 0 Å². The summed E-state index contributed by atoms with van der Waals surface area (Å²) in [6.45, 7) is 1.55. The summed E-state index contributed by atoms with van der Waals surface area (Å²) in [5, 5.41) is 6.42. The molecule has 21 heavy (non-hydrogen) atoms. The van der Waals surface area contributed by atoms with E-state index in [-0.39, 0.29) is 28.6 Å². The molecule has 9 heteroatoms. The fourth-order valence-electron chi connectivity index (χ4n) is 1.91. The van der Waals surface area contributed by atoms with E-state index in [0.29, 0.717) is 5.69 Å². The summed E-state index contributed by atoms with van der Waals surface area (Å²) >= 11 is 0. The molecule has 2 aromatic rings. The summed E-state index contributed by atoms with van der Waals surface area (Å²) < 4.78 is 45.3. The first-order chi connectivity index (χ1) is 9.89. The minimum Gasteiger partial charge on any atom is -0.494 e. The SMILES string of the molecule is COc1cc(F)ccc1NS(=O)(=O)c1c(CN)n[nH]c1C. The highest BCUT2D eigenvalue weighted by Gasteiger charge is 2.24. The van der Waals surface area contributed by atoms with Gasteiger partial charge in [0.05, 0.1) is 24.2 Å².